The first-order chi connectivity index (χ1) is 13.8. The van der Waals surface area contributed by atoms with Gasteiger partial charge in [0, 0.05) is 23.9 Å². The first-order valence-corrected chi connectivity index (χ1v) is 10.0. The average molecular weight is 414 g/mol. The maximum absolute atomic E-state index is 12.8. The van der Waals surface area contributed by atoms with Crippen LogP contribution in [0, 0.1) is 0 Å². The summed E-state index contributed by atoms with van der Waals surface area (Å²) in [6.07, 6.45) is 1.22. The predicted molar refractivity (Wildman–Crippen MR) is 105 cm³/mol. The van der Waals surface area contributed by atoms with Gasteiger partial charge in [0.15, 0.2) is 0 Å². The Morgan fingerprint density at radius 1 is 1.03 bits per heavy atom. The number of sulfonamides is 1. The van der Waals surface area contributed by atoms with Gasteiger partial charge in [0.2, 0.25) is 0 Å². The molecular formula is C20H18N2O6S. The van der Waals surface area contributed by atoms with Gasteiger partial charge in [-0.15, -0.1) is 0 Å². The minimum absolute atomic E-state index is 0.0344. The van der Waals surface area contributed by atoms with Crippen LogP contribution in [0.25, 0.3) is 10.8 Å². The van der Waals surface area contributed by atoms with Crippen molar-refractivity contribution in [2.75, 3.05) is 7.11 Å². The number of rotatable bonds is 6. The van der Waals surface area contributed by atoms with Gasteiger partial charge in [0.25, 0.3) is 15.9 Å². The van der Waals surface area contributed by atoms with E-state index in [-0.39, 0.29) is 17.1 Å². The molecule has 0 radical (unpaired) electrons. The van der Waals surface area contributed by atoms with Crippen LogP contribution in [0.15, 0.2) is 59.6 Å². The fourth-order valence-electron chi connectivity index (χ4n) is 2.71. The van der Waals surface area contributed by atoms with Crippen LogP contribution in [-0.2, 0) is 26.2 Å². The summed E-state index contributed by atoms with van der Waals surface area (Å²) in [5.41, 5.74) is 0.485. The highest BCUT2D eigenvalue weighted by Gasteiger charge is 2.22. The largest absolute Gasteiger partial charge is 0.496 e. The van der Waals surface area contributed by atoms with Crippen LogP contribution in [0.5, 0.6) is 5.75 Å². The van der Waals surface area contributed by atoms with Gasteiger partial charge in [-0.2, -0.15) is 0 Å². The van der Waals surface area contributed by atoms with E-state index in [1.165, 1.54) is 44.5 Å². The van der Waals surface area contributed by atoms with Gasteiger partial charge in [-0.1, -0.05) is 24.3 Å². The number of esters is 1. The van der Waals surface area contributed by atoms with Crippen LogP contribution < -0.4 is 9.46 Å². The first-order valence-electron chi connectivity index (χ1n) is 8.53. The van der Waals surface area contributed by atoms with Crippen molar-refractivity contribution in [3.8, 4) is 5.75 Å². The molecule has 150 valence electrons. The molecule has 0 fully saturated rings. The molecule has 1 heterocycles. The second-order valence-corrected chi connectivity index (χ2v) is 7.72. The number of carbonyl (C=O) groups excluding carboxylic acids is 2. The number of benzene rings is 2. The van der Waals surface area contributed by atoms with Gasteiger partial charge in [-0.3, -0.25) is 14.6 Å². The van der Waals surface area contributed by atoms with Crippen molar-refractivity contribution in [3.63, 3.8) is 0 Å². The number of aromatic nitrogens is 1. The van der Waals surface area contributed by atoms with E-state index in [1.54, 1.807) is 24.3 Å². The van der Waals surface area contributed by atoms with Crippen LogP contribution in [0.1, 0.15) is 23.0 Å². The number of ether oxygens (including phenoxy) is 2. The maximum atomic E-state index is 12.8. The summed E-state index contributed by atoms with van der Waals surface area (Å²) in [5, 5.41) is 1.05. The molecule has 0 aliphatic rings. The van der Waals surface area contributed by atoms with Gasteiger partial charge in [0.1, 0.15) is 12.4 Å². The molecule has 3 rings (SSSR count). The number of carbonyl (C=O) groups is 2. The lowest BCUT2D eigenvalue weighted by atomic mass is 10.1. The zero-order chi connectivity index (χ0) is 21.0. The summed E-state index contributed by atoms with van der Waals surface area (Å²) in [5.74, 6) is -0.749. The van der Waals surface area contributed by atoms with Crippen LogP contribution in [0.2, 0.25) is 0 Å². The Bertz CT molecular complexity index is 1170. The summed E-state index contributed by atoms with van der Waals surface area (Å²) in [6, 6.07) is 12.7. The molecule has 0 aliphatic carbocycles. The summed E-state index contributed by atoms with van der Waals surface area (Å²) in [4.78, 5) is 27.2. The highest BCUT2D eigenvalue weighted by Crippen LogP contribution is 2.30. The second-order valence-electron chi connectivity index (χ2n) is 6.06. The predicted octanol–water partition coefficient (Wildman–Crippen LogP) is 2.43. The second kappa shape index (κ2) is 8.27. The first kappa shape index (κ1) is 20.3. The monoisotopic (exact) mass is 414 g/mol. The highest BCUT2D eigenvalue weighted by molar-refractivity contribution is 7.90. The molecule has 0 unspecified atom stereocenters. The molecule has 0 atom stereocenters. The molecule has 0 aliphatic heterocycles. The quantitative estimate of drug-likeness (QED) is 0.617. The SMILES string of the molecule is COc1ccc(S(=O)(=O)NC(=O)c2ccc(COC(C)=O)nc2)c2ccccc12. The summed E-state index contributed by atoms with van der Waals surface area (Å²) in [7, 11) is -2.65. The average Bonchev–Trinajstić information content (AvgIpc) is 2.71. The number of hydrogen-bond acceptors (Lipinski definition) is 7. The normalized spacial score (nSPS) is 11.1. The molecule has 9 heteroatoms. The number of hydrogen-bond donors (Lipinski definition) is 1. The maximum Gasteiger partial charge on any atom is 0.303 e. The van der Waals surface area contributed by atoms with E-state index in [2.05, 4.69) is 9.71 Å². The molecular weight excluding hydrogens is 396 g/mol. The van der Waals surface area contributed by atoms with Gasteiger partial charge in [-0.05, 0) is 24.3 Å². The molecule has 0 bridgehead atoms. The smallest absolute Gasteiger partial charge is 0.303 e. The van der Waals surface area contributed by atoms with Gasteiger partial charge in [0.05, 0.1) is 23.3 Å². The molecule has 1 aromatic heterocycles. The third kappa shape index (κ3) is 4.52. The van der Waals surface area contributed by atoms with E-state index in [0.717, 1.165) is 0 Å². The van der Waals surface area contributed by atoms with Crippen molar-refractivity contribution in [2.45, 2.75) is 18.4 Å². The van der Waals surface area contributed by atoms with Crippen molar-refractivity contribution in [1.29, 1.82) is 0 Å². The Kier molecular flexibility index (Phi) is 5.79. The van der Waals surface area contributed by atoms with Crippen LogP contribution in [0.4, 0.5) is 0 Å². The fourth-order valence-corrected chi connectivity index (χ4v) is 3.90. The highest BCUT2D eigenvalue weighted by atomic mass is 32.2. The Morgan fingerprint density at radius 2 is 1.76 bits per heavy atom. The standard InChI is InChI=1S/C20H18N2O6S/c1-13(23)28-12-15-8-7-14(11-21-15)20(24)22-29(25,26)19-10-9-18(27-2)16-5-3-4-6-17(16)19/h3-11H,12H2,1-2H3,(H,22,24). The van der Waals surface area contributed by atoms with Gasteiger partial charge in [-0.25, -0.2) is 13.1 Å². The lowest BCUT2D eigenvalue weighted by Gasteiger charge is -2.12. The molecule has 3 aromatic rings. The molecule has 29 heavy (non-hydrogen) atoms. The lowest BCUT2D eigenvalue weighted by Crippen LogP contribution is -2.30. The topological polar surface area (TPSA) is 112 Å². The van der Waals surface area contributed by atoms with Crippen molar-refractivity contribution in [1.82, 2.24) is 9.71 Å². The van der Waals surface area contributed by atoms with Crippen molar-refractivity contribution in [2.24, 2.45) is 0 Å². The van der Waals surface area contributed by atoms with E-state index in [1.807, 2.05) is 0 Å². The number of nitrogens with one attached hydrogen (secondary N) is 1. The lowest BCUT2D eigenvalue weighted by molar-refractivity contribution is -0.142. The third-order valence-electron chi connectivity index (χ3n) is 4.09. The summed E-state index contributed by atoms with van der Waals surface area (Å²) in [6.45, 7) is 1.24. The Labute approximate surface area is 167 Å². The van der Waals surface area contributed by atoms with Crippen molar-refractivity contribution < 1.29 is 27.5 Å². The summed E-state index contributed by atoms with van der Waals surface area (Å²) < 4.78 is 37.8. The van der Waals surface area contributed by atoms with Gasteiger partial charge >= 0.3 is 5.97 Å². The number of pyridine rings is 1. The zero-order valence-electron chi connectivity index (χ0n) is 15.7. The third-order valence-corrected chi connectivity index (χ3v) is 5.48. The Morgan fingerprint density at radius 3 is 2.38 bits per heavy atom. The minimum atomic E-state index is -4.14. The molecule has 0 spiro atoms. The minimum Gasteiger partial charge on any atom is -0.496 e. The number of fused-ring (bicyclic) bond motifs is 1. The van der Waals surface area contributed by atoms with E-state index in [0.29, 0.717) is 22.2 Å². The number of amides is 1. The fraction of sp³-hybridized carbons (Fsp3) is 0.150. The Hall–Kier alpha value is -3.46. The summed E-state index contributed by atoms with van der Waals surface area (Å²) >= 11 is 0. The number of methoxy groups -OCH3 is 1. The molecule has 0 saturated heterocycles. The molecule has 8 nitrogen and oxygen atoms in total. The van der Waals surface area contributed by atoms with E-state index in [4.69, 9.17) is 9.47 Å². The van der Waals surface area contributed by atoms with Crippen LogP contribution in [-0.4, -0.2) is 32.4 Å². The molecule has 1 amide bonds. The van der Waals surface area contributed by atoms with Crippen LogP contribution in [0.3, 0.4) is 0 Å². The van der Waals surface area contributed by atoms with Gasteiger partial charge < -0.3 is 9.47 Å². The Balaban J connectivity index is 1.85. The molecule has 1 N–H and O–H groups in total. The molecule has 0 saturated carbocycles. The van der Waals surface area contributed by atoms with Crippen molar-refractivity contribution in [3.05, 3.63) is 66.0 Å². The van der Waals surface area contributed by atoms with Crippen LogP contribution >= 0.6 is 0 Å². The van der Waals surface area contributed by atoms with E-state index in [9.17, 15) is 18.0 Å². The number of nitrogens with zero attached hydrogens (tertiary/aromatic N) is 1. The van der Waals surface area contributed by atoms with E-state index < -0.39 is 21.9 Å². The zero-order valence-corrected chi connectivity index (χ0v) is 16.5. The molecule has 2 aromatic carbocycles. The van der Waals surface area contributed by atoms with E-state index >= 15 is 0 Å². The van der Waals surface area contributed by atoms with Crippen molar-refractivity contribution >= 4 is 32.7 Å².